The van der Waals surface area contributed by atoms with Gasteiger partial charge in [0.2, 0.25) is 5.91 Å². The van der Waals surface area contributed by atoms with E-state index < -0.39 is 0 Å². The Balaban J connectivity index is 2.16. The van der Waals surface area contributed by atoms with Gasteiger partial charge in [-0.15, -0.1) is 0 Å². The monoisotopic (exact) mass is 350 g/mol. The molecule has 1 aliphatic heterocycles. The van der Waals surface area contributed by atoms with E-state index in [0.717, 1.165) is 37.1 Å². The van der Waals surface area contributed by atoms with Gasteiger partial charge < -0.3 is 5.32 Å². The van der Waals surface area contributed by atoms with Crippen molar-refractivity contribution in [2.45, 2.75) is 84.7 Å². The number of allylic oxidation sites excluding steroid dienone is 2. The summed E-state index contributed by atoms with van der Waals surface area (Å²) in [4.78, 5) is 15.9. The summed E-state index contributed by atoms with van der Waals surface area (Å²) in [5, 5.41) is 2.95. The molecule has 2 unspecified atom stereocenters. The van der Waals surface area contributed by atoms with Crippen LogP contribution in [-0.2, 0) is 4.79 Å². The van der Waals surface area contributed by atoms with Crippen molar-refractivity contribution in [1.29, 1.82) is 0 Å². The predicted molar refractivity (Wildman–Crippen MR) is 108 cm³/mol. The molecule has 25 heavy (non-hydrogen) atoms. The van der Waals surface area contributed by atoms with E-state index in [1.165, 1.54) is 51.4 Å². The number of rotatable bonds is 14. The van der Waals surface area contributed by atoms with E-state index in [9.17, 15) is 4.79 Å². The minimum absolute atomic E-state index is 0.0658. The molecule has 1 N–H and O–H groups in total. The van der Waals surface area contributed by atoms with E-state index in [1.807, 2.05) is 0 Å². The summed E-state index contributed by atoms with van der Waals surface area (Å²) in [5.74, 6) is 0.0658. The van der Waals surface area contributed by atoms with Crippen LogP contribution >= 0.6 is 0 Å². The molecular weight excluding hydrogens is 310 g/mol. The van der Waals surface area contributed by atoms with E-state index >= 15 is 0 Å². The van der Waals surface area contributed by atoms with Crippen LogP contribution in [0.5, 0.6) is 0 Å². The highest BCUT2D eigenvalue weighted by atomic mass is 16.1. The largest absolute Gasteiger partial charge is 0.351 e. The van der Waals surface area contributed by atoms with Gasteiger partial charge in [0.05, 0.1) is 25.8 Å². The Morgan fingerprint density at radius 1 is 1.16 bits per heavy atom. The number of quaternary nitrogens is 1. The van der Waals surface area contributed by atoms with Crippen molar-refractivity contribution >= 4 is 12.1 Å². The lowest BCUT2D eigenvalue weighted by Gasteiger charge is -2.38. The summed E-state index contributed by atoms with van der Waals surface area (Å²) >= 11 is 0. The normalized spacial score (nSPS) is 22.8. The number of likely N-dealkylation sites (N-methyl/N-ethyl adjacent to an activating group) is 1. The molecule has 2 atom stereocenters. The number of nitrogens with one attached hydrogen (secondary N) is 1. The van der Waals surface area contributed by atoms with Gasteiger partial charge >= 0.3 is 0 Å². The molecule has 1 heterocycles. The van der Waals surface area contributed by atoms with Crippen molar-refractivity contribution in [2.75, 3.05) is 26.2 Å². The zero-order valence-corrected chi connectivity index (χ0v) is 16.8. The van der Waals surface area contributed by atoms with Gasteiger partial charge in [-0.3, -0.25) is 9.28 Å². The minimum Gasteiger partial charge on any atom is -0.351 e. The van der Waals surface area contributed by atoms with E-state index in [1.54, 1.807) is 6.92 Å². The Morgan fingerprint density at radius 3 is 2.56 bits per heavy atom. The number of nitrogens with zero attached hydrogens (tertiary/aromatic N) is 2. The van der Waals surface area contributed by atoms with E-state index in [4.69, 9.17) is 4.99 Å². The van der Waals surface area contributed by atoms with Crippen molar-refractivity contribution in [3.63, 3.8) is 0 Å². The minimum atomic E-state index is 0.0658. The molecule has 1 rings (SSSR count). The van der Waals surface area contributed by atoms with Gasteiger partial charge in [0.1, 0.15) is 6.54 Å². The average molecular weight is 351 g/mol. The molecule has 4 heteroatoms. The Morgan fingerprint density at radius 2 is 1.88 bits per heavy atom. The van der Waals surface area contributed by atoms with E-state index in [0.29, 0.717) is 6.17 Å². The lowest BCUT2D eigenvalue weighted by molar-refractivity contribution is -0.935. The van der Waals surface area contributed by atoms with Crippen LogP contribution in [0.15, 0.2) is 17.1 Å². The van der Waals surface area contributed by atoms with Gasteiger partial charge in [-0.1, -0.05) is 44.8 Å². The highest BCUT2D eigenvalue weighted by Crippen LogP contribution is 2.24. The Labute approximate surface area is 155 Å². The first-order valence-electron chi connectivity index (χ1n) is 10.4. The summed E-state index contributed by atoms with van der Waals surface area (Å²) in [6.07, 6.45) is 18.7. The van der Waals surface area contributed by atoms with Crippen LogP contribution in [-0.4, -0.2) is 48.9 Å². The van der Waals surface area contributed by atoms with Crippen molar-refractivity contribution in [2.24, 2.45) is 4.99 Å². The number of carbonyl (C=O) groups excluding carboxylic acids is 1. The van der Waals surface area contributed by atoms with Crippen molar-refractivity contribution < 1.29 is 9.28 Å². The maximum atomic E-state index is 11.1. The number of aliphatic imine (C=N–C) groups is 1. The first kappa shape index (κ1) is 21.9. The van der Waals surface area contributed by atoms with Crippen LogP contribution in [0.4, 0.5) is 0 Å². The zero-order chi connectivity index (χ0) is 18.4. The summed E-state index contributed by atoms with van der Waals surface area (Å²) in [7, 11) is 0. The molecule has 0 spiro atoms. The molecule has 0 saturated heterocycles. The SMILES string of the molecule is CC/C=C/CCCCCCCCC1N=CC[N+]1(CC)CCNC(C)=O. The van der Waals surface area contributed by atoms with Gasteiger partial charge in [-0.05, 0) is 32.6 Å². The van der Waals surface area contributed by atoms with Crippen LogP contribution in [0, 0.1) is 0 Å². The van der Waals surface area contributed by atoms with Crippen LogP contribution in [0.1, 0.15) is 78.6 Å². The molecule has 0 saturated carbocycles. The Hall–Kier alpha value is -1.16. The lowest BCUT2D eigenvalue weighted by Crippen LogP contribution is -2.55. The standard InChI is InChI=1S/C21H39N3O/c1-4-6-7-8-9-10-11-12-13-14-15-21-23-17-19-24(21,5-2)18-16-22-20(3)25/h6-7,17,21H,4-5,8-16,18-19H2,1-3H3/p+1/b7-6+. The third kappa shape index (κ3) is 8.66. The van der Waals surface area contributed by atoms with Gasteiger partial charge in [0.25, 0.3) is 0 Å². The molecule has 0 aliphatic carbocycles. The highest BCUT2D eigenvalue weighted by Gasteiger charge is 2.37. The van der Waals surface area contributed by atoms with E-state index in [2.05, 4.69) is 37.5 Å². The molecule has 4 nitrogen and oxygen atoms in total. The van der Waals surface area contributed by atoms with Gasteiger partial charge in [0.15, 0.2) is 6.17 Å². The molecule has 144 valence electrons. The topological polar surface area (TPSA) is 41.5 Å². The molecule has 0 radical (unpaired) electrons. The summed E-state index contributed by atoms with van der Waals surface area (Å²) < 4.78 is 1.02. The number of hydrogen-bond acceptors (Lipinski definition) is 2. The lowest BCUT2D eigenvalue weighted by atomic mass is 10.1. The summed E-state index contributed by atoms with van der Waals surface area (Å²) in [6.45, 7) is 9.90. The fourth-order valence-electron chi connectivity index (χ4n) is 3.72. The number of hydrogen-bond donors (Lipinski definition) is 1. The molecule has 0 aromatic heterocycles. The first-order chi connectivity index (χ1) is 12.1. The second-order valence-corrected chi connectivity index (χ2v) is 7.31. The van der Waals surface area contributed by atoms with Gasteiger partial charge in [0, 0.05) is 13.3 Å². The maximum Gasteiger partial charge on any atom is 0.217 e. The molecule has 0 aromatic rings. The number of amides is 1. The van der Waals surface area contributed by atoms with Crippen LogP contribution < -0.4 is 5.32 Å². The molecule has 1 aliphatic rings. The first-order valence-corrected chi connectivity index (χ1v) is 10.4. The Kier molecular flexibility index (Phi) is 11.5. The summed E-state index contributed by atoms with van der Waals surface area (Å²) in [6, 6.07) is 0. The third-order valence-electron chi connectivity index (χ3n) is 5.40. The van der Waals surface area contributed by atoms with Gasteiger partial charge in [-0.2, -0.15) is 0 Å². The van der Waals surface area contributed by atoms with E-state index in [-0.39, 0.29) is 5.91 Å². The fourth-order valence-corrected chi connectivity index (χ4v) is 3.72. The molecule has 1 amide bonds. The van der Waals surface area contributed by atoms with Crippen molar-refractivity contribution in [3.8, 4) is 0 Å². The highest BCUT2D eigenvalue weighted by molar-refractivity contribution is 5.72. The van der Waals surface area contributed by atoms with Crippen LogP contribution in [0.3, 0.4) is 0 Å². The quantitative estimate of drug-likeness (QED) is 0.280. The molecule has 0 bridgehead atoms. The predicted octanol–water partition coefficient (Wildman–Crippen LogP) is 4.46. The van der Waals surface area contributed by atoms with Crippen LogP contribution in [0.2, 0.25) is 0 Å². The summed E-state index contributed by atoms with van der Waals surface area (Å²) in [5.41, 5.74) is 0. The van der Waals surface area contributed by atoms with Crippen molar-refractivity contribution in [3.05, 3.63) is 12.2 Å². The smallest absolute Gasteiger partial charge is 0.217 e. The molecule has 0 fully saturated rings. The third-order valence-corrected chi connectivity index (χ3v) is 5.40. The second-order valence-electron chi connectivity index (χ2n) is 7.31. The Bertz CT molecular complexity index is 419. The van der Waals surface area contributed by atoms with Gasteiger partial charge in [-0.25, -0.2) is 4.99 Å². The average Bonchev–Trinajstić information content (AvgIpc) is 2.99. The number of unbranched alkanes of at least 4 members (excludes halogenated alkanes) is 6. The molecule has 0 aromatic carbocycles. The second kappa shape index (κ2) is 13.1. The maximum absolute atomic E-state index is 11.1. The fraction of sp³-hybridized carbons (Fsp3) is 0.810. The number of carbonyl (C=O) groups is 1. The molecular formula is C21H40N3O+. The van der Waals surface area contributed by atoms with Crippen molar-refractivity contribution in [1.82, 2.24) is 5.32 Å². The zero-order valence-electron chi connectivity index (χ0n) is 16.8. The van der Waals surface area contributed by atoms with Crippen LogP contribution in [0.25, 0.3) is 0 Å².